The molecule has 1 N–H and O–H groups in total. The number of aliphatic hydroxyl groups is 1. The van der Waals surface area contributed by atoms with Crippen LogP contribution in [0.25, 0.3) is 0 Å². The van der Waals surface area contributed by atoms with Crippen LogP contribution < -0.4 is 0 Å². The summed E-state index contributed by atoms with van der Waals surface area (Å²) in [5, 5.41) is 9.91. The monoisotopic (exact) mass is 227 g/mol. The van der Waals surface area contributed by atoms with Gasteiger partial charge < -0.3 is 14.7 Å². The summed E-state index contributed by atoms with van der Waals surface area (Å²) >= 11 is 0. The number of likely N-dealkylation sites (tertiary alicyclic amines) is 1. The van der Waals surface area contributed by atoms with Crippen molar-refractivity contribution in [3.8, 4) is 0 Å². The molecule has 3 atom stereocenters. The van der Waals surface area contributed by atoms with Crippen LogP contribution in [0.2, 0.25) is 0 Å². The number of rotatable bonds is 3. The van der Waals surface area contributed by atoms with Gasteiger partial charge in [0.1, 0.15) is 6.61 Å². The Kier molecular flexibility index (Phi) is 3.82. The molecule has 0 aromatic heterocycles. The summed E-state index contributed by atoms with van der Waals surface area (Å²) in [5.41, 5.74) is 0. The van der Waals surface area contributed by atoms with E-state index in [1.54, 1.807) is 7.11 Å². The lowest BCUT2D eigenvalue weighted by atomic mass is 9.94. The van der Waals surface area contributed by atoms with Gasteiger partial charge in [0, 0.05) is 25.6 Å². The minimum Gasteiger partial charge on any atom is -0.393 e. The molecule has 1 aliphatic carbocycles. The Labute approximate surface area is 96.6 Å². The summed E-state index contributed by atoms with van der Waals surface area (Å²) in [6.45, 7) is 0.995. The van der Waals surface area contributed by atoms with Crippen LogP contribution in [-0.2, 0) is 9.53 Å². The van der Waals surface area contributed by atoms with E-state index in [0.29, 0.717) is 5.92 Å². The second kappa shape index (κ2) is 5.15. The fourth-order valence-electron chi connectivity index (χ4n) is 3.17. The van der Waals surface area contributed by atoms with Crippen molar-refractivity contribution in [3.63, 3.8) is 0 Å². The Morgan fingerprint density at radius 3 is 2.81 bits per heavy atom. The van der Waals surface area contributed by atoms with Gasteiger partial charge in [-0.15, -0.1) is 0 Å². The second-order valence-corrected chi connectivity index (χ2v) is 4.89. The highest BCUT2D eigenvalue weighted by atomic mass is 16.5. The summed E-state index contributed by atoms with van der Waals surface area (Å²) in [6, 6.07) is 0.250. The third-order valence-corrected chi connectivity index (χ3v) is 3.91. The molecule has 3 unspecified atom stereocenters. The molecule has 1 amide bonds. The molecule has 2 fully saturated rings. The van der Waals surface area contributed by atoms with E-state index in [4.69, 9.17) is 4.74 Å². The van der Waals surface area contributed by atoms with Crippen LogP contribution in [0, 0.1) is 5.92 Å². The Balaban J connectivity index is 1.99. The topological polar surface area (TPSA) is 49.8 Å². The summed E-state index contributed by atoms with van der Waals surface area (Å²) < 4.78 is 4.90. The van der Waals surface area contributed by atoms with Gasteiger partial charge in [-0.3, -0.25) is 4.79 Å². The molecule has 0 spiro atoms. The maximum absolute atomic E-state index is 11.8. The van der Waals surface area contributed by atoms with Crippen molar-refractivity contribution in [1.29, 1.82) is 0 Å². The van der Waals surface area contributed by atoms with Gasteiger partial charge in [-0.1, -0.05) is 6.42 Å². The lowest BCUT2D eigenvalue weighted by Gasteiger charge is -2.31. The maximum atomic E-state index is 11.8. The van der Waals surface area contributed by atoms with E-state index < -0.39 is 0 Å². The van der Waals surface area contributed by atoms with Crippen molar-refractivity contribution in [2.75, 3.05) is 20.3 Å². The van der Waals surface area contributed by atoms with Crippen LogP contribution in [0.5, 0.6) is 0 Å². The highest BCUT2D eigenvalue weighted by Gasteiger charge is 2.39. The van der Waals surface area contributed by atoms with Gasteiger partial charge >= 0.3 is 0 Å². The van der Waals surface area contributed by atoms with Crippen LogP contribution in [-0.4, -0.2) is 48.3 Å². The molecule has 1 heterocycles. The molecule has 1 aliphatic heterocycles. The number of ether oxygens (including phenoxy) is 1. The minimum absolute atomic E-state index is 0.0732. The fourth-order valence-corrected chi connectivity index (χ4v) is 3.17. The highest BCUT2D eigenvalue weighted by molar-refractivity contribution is 5.78. The molecular weight excluding hydrogens is 206 g/mol. The van der Waals surface area contributed by atoms with Crippen LogP contribution >= 0.6 is 0 Å². The first-order chi connectivity index (χ1) is 7.74. The fraction of sp³-hybridized carbons (Fsp3) is 0.917. The van der Waals surface area contributed by atoms with E-state index in [2.05, 4.69) is 0 Å². The average Bonchev–Trinajstić information content (AvgIpc) is 2.85. The number of carbonyl (C=O) groups excluding carboxylic acids is 1. The van der Waals surface area contributed by atoms with E-state index in [0.717, 1.165) is 38.6 Å². The number of hydrogen-bond acceptors (Lipinski definition) is 3. The van der Waals surface area contributed by atoms with Crippen molar-refractivity contribution in [2.24, 2.45) is 5.92 Å². The molecule has 0 radical (unpaired) electrons. The van der Waals surface area contributed by atoms with Crippen LogP contribution in [0.4, 0.5) is 0 Å². The summed E-state index contributed by atoms with van der Waals surface area (Å²) in [7, 11) is 1.55. The molecule has 0 aromatic rings. The van der Waals surface area contributed by atoms with Crippen molar-refractivity contribution < 1.29 is 14.6 Å². The highest BCUT2D eigenvalue weighted by Crippen LogP contribution is 2.35. The van der Waals surface area contributed by atoms with Crippen LogP contribution in [0.1, 0.15) is 32.1 Å². The van der Waals surface area contributed by atoms with Gasteiger partial charge in [0.25, 0.3) is 0 Å². The van der Waals surface area contributed by atoms with Crippen LogP contribution in [0.3, 0.4) is 0 Å². The first-order valence-corrected chi connectivity index (χ1v) is 6.20. The van der Waals surface area contributed by atoms with E-state index in [1.165, 1.54) is 0 Å². The molecular formula is C12H21NO3. The smallest absolute Gasteiger partial charge is 0.248 e. The Morgan fingerprint density at radius 2 is 2.19 bits per heavy atom. The zero-order valence-electron chi connectivity index (χ0n) is 9.89. The van der Waals surface area contributed by atoms with E-state index in [1.807, 2.05) is 4.90 Å². The van der Waals surface area contributed by atoms with Crippen molar-refractivity contribution >= 4 is 5.91 Å². The molecule has 0 bridgehead atoms. The Morgan fingerprint density at radius 1 is 1.38 bits per heavy atom. The van der Waals surface area contributed by atoms with Gasteiger partial charge in [-0.2, -0.15) is 0 Å². The quantitative estimate of drug-likeness (QED) is 0.775. The summed E-state index contributed by atoms with van der Waals surface area (Å²) in [6.07, 6.45) is 4.94. The first kappa shape index (κ1) is 11.9. The average molecular weight is 227 g/mol. The Bertz CT molecular complexity index is 257. The number of aliphatic hydroxyl groups excluding tert-OH is 1. The molecule has 92 valence electrons. The first-order valence-electron chi connectivity index (χ1n) is 6.20. The van der Waals surface area contributed by atoms with Crippen molar-refractivity contribution in [2.45, 2.75) is 44.2 Å². The third kappa shape index (κ3) is 2.23. The molecule has 4 heteroatoms. The van der Waals surface area contributed by atoms with E-state index in [-0.39, 0.29) is 24.7 Å². The molecule has 0 aromatic carbocycles. The lowest BCUT2D eigenvalue weighted by molar-refractivity contribution is -0.137. The van der Waals surface area contributed by atoms with Gasteiger partial charge in [0.15, 0.2) is 0 Å². The maximum Gasteiger partial charge on any atom is 0.248 e. The number of carbonyl (C=O) groups is 1. The third-order valence-electron chi connectivity index (χ3n) is 3.91. The van der Waals surface area contributed by atoms with Crippen LogP contribution in [0.15, 0.2) is 0 Å². The summed E-state index contributed by atoms with van der Waals surface area (Å²) in [4.78, 5) is 13.8. The molecule has 1 saturated heterocycles. The largest absolute Gasteiger partial charge is 0.393 e. The zero-order chi connectivity index (χ0) is 11.5. The van der Waals surface area contributed by atoms with Gasteiger partial charge in [0.05, 0.1) is 6.10 Å². The molecule has 2 aliphatic rings. The SMILES string of the molecule is COCC(=O)N1CCCC1C1CCCC1O. The van der Waals surface area contributed by atoms with Gasteiger partial charge in [-0.05, 0) is 25.7 Å². The number of hydrogen-bond donors (Lipinski definition) is 1. The second-order valence-electron chi connectivity index (χ2n) is 4.89. The number of methoxy groups -OCH3 is 1. The van der Waals surface area contributed by atoms with E-state index in [9.17, 15) is 9.90 Å². The zero-order valence-corrected chi connectivity index (χ0v) is 9.89. The van der Waals surface area contributed by atoms with Gasteiger partial charge in [-0.25, -0.2) is 0 Å². The summed E-state index contributed by atoms with van der Waals surface area (Å²) in [5.74, 6) is 0.368. The lowest BCUT2D eigenvalue weighted by Crippen LogP contribution is -2.43. The number of amides is 1. The molecule has 16 heavy (non-hydrogen) atoms. The molecule has 2 rings (SSSR count). The minimum atomic E-state index is -0.207. The predicted molar refractivity (Wildman–Crippen MR) is 60.0 cm³/mol. The Hall–Kier alpha value is -0.610. The van der Waals surface area contributed by atoms with Crippen molar-refractivity contribution in [3.05, 3.63) is 0 Å². The van der Waals surface area contributed by atoms with Crippen molar-refractivity contribution in [1.82, 2.24) is 4.90 Å². The predicted octanol–water partition coefficient (Wildman–Crippen LogP) is 0.785. The van der Waals surface area contributed by atoms with E-state index >= 15 is 0 Å². The molecule has 4 nitrogen and oxygen atoms in total. The number of nitrogens with zero attached hydrogens (tertiary/aromatic N) is 1. The normalized spacial score (nSPS) is 34.6. The standard InChI is InChI=1S/C12H21NO3/c1-16-8-12(15)13-7-3-5-10(13)9-4-2-6-11(9)14/h9-11,14H,2-8H2,1H3. The van der Waals surface area contributed by atoms with Gasteiger partial charge in [0.2, 0.25) is 5.91 Å². The molecule has 1 saturated carbocycles.